The van der Waals surface area contributed by atoms with Crippen molar-refractivity contribution >= 4 is 10.0 Å². The van der Waals surface area contributed by atoms with Gasteiger partial charge in [0.1, 0.15) is 0 Å². The Bertz CT molecular complexity index is 441. The van der Waals surface area contributed by atoms with Gasteiger partial charge in [-0.2, -0.15) is 0 Å². The number of rotatable bonds is 7. The van der Waals surface area contributed by atoms with Crippen LogP contribution in [-0.2, 0) is 16.6 Å². The van der Waals surface area contributed by atoms with Gasteiger partial charge in [-0.1, -0.05) is 30.3 Å². The van der Waals surface area contributed by atoms with Crippen LogP contribution in [0.25, 0.3) is 0 Å². The van der Waals surface area contributed by atoms with Crippen LogP contribution in [0.3, 0.4) is 0 Å². The van der Waals surface area contributed by atoms with Gasteiger partial charge < -0.3 is 5.32 Å². The predicted molar refractivity (Wildman–Crippen MR) is 68.1 cm³/mol. The smallest absolute Gasteiger partial charge is 0.213 e. The Morgan fingerprint density at radius 3 is 2.53 bits per heavy atom. The average molecular weight is 254 g/mol. The van der Waals surface area contributed by atoms with Crippen LogP contribution in [0.15, 0.2) is 30.3 Å². The Hall–Kier alpha value is -0.910. The molecule has 0 heterocycles. The standard InChI is InChI=1S/C12H18N2O2S/c15-17(16,9-8-13-12-6-7-12)14-10-11-4-2-1-3-5-11/h1-5,12-14H,6-10H2. The fraction of sp³-hybridized carbons (Fsp3) is 0.500. The van der Waals surface area contributed by atoms with Gasteiger partial charge in [0, 0.05) is 19.1 Å². The van der Waals surface area contributed by atoms with Crippen molar-refractivity contribution in [1.29, 1.82) is 0 Å². The average Bonchev–Trinajstić information content (AvgIpc) is 3.12. The van der Waals surface area contributed by atoms with Crippen molar-refractivity contribution in [2.24, 2.45) is 0 Å². The van der Waals surface area contributed by atoms with Gasteiger partial charge in [-0.25, -0.2) is 13.1 Å². The van der Waals surface area contributed by atoms with Crippen molar-refractivity contribution < 1.29 is 8.42 Å². The molecule has 94 valence electrons. The third-order valence-corrected chi connectivity index (χ3v) is 4.05. The maximum absolute atomic E-state index is 11.7. The second kappa shape index (κ2) is 5.62. The molecule has 17 heavy (non-hydrogen) atoms. The first-order chi connectivity index (χ1) is 8.16. The maximum atomic E-state index is 11.7. The van der Waals surface area contributed by atoms with E-state index in [1.165, 1.54) is 12.8 Å². The summed E-state index contributed by atoms with van der Waals surface area (Å²) in [5.74, 6) is 0.149. The van der Waals surface area contributed by atoms with Crippen LogP contribution in [-0.4, -0.2) is 26.8 Å². The van der Waals surface area contributed by atoms with Crippen LogP contribution in [0.5, 0.6) is 0 Å². The zero-order chi connectivity index (χ0) is 12.1. The molecule has 0 amide bonds. The van der Waals surface area contributed by atoms with Crippen LogP contribution in [0.1, 0.15) is 18.4 Å². The quantitative estimate of drug-likeness (QED) is 0.758. The molecule has 0 atom stereocenters. The molecule has 0 aliphatic heterocycles. The Morgan fingerprint density at radius 1 is 1.18 bits per heavy atom. The second-order valence-electron chi connectivity index (χ2n) is 4.35. The molecule has 2 N–H and O–H groups in total. The van der Waals surface area contributed by atoms with Crippen LogP contribution in [0.2, 0.25) is 0 Å². The molecular formula is C12H18N2O2S. The molecule has 5 heteroatoms. The van der Waals surface area contributed by atoms with Crippen molar-refractivity contribution in [1.82, 2.24) is 10.0 Å². The second-order valence-corrected chi connectivity index (χ2v) is 6.28. The van der Waals surface area contributed by atoms with Gasteiger partial charge in [0.25, 0.3) is 0 Å². The van der Waals surface area contributed by atoms with Crippen LogP contribution >= 0.6 is 0 Å². The number of nitrogens with one attached hydrogen (secondary N) is 2. The first kappa shape index (κ1) is 12.5. The van der Waals surface area contributed by atoms with E-state index in [0.717, 1.165) is 5.56 Å². The Kier molecular flexibility index (Phi) is 4.15. The molecule has 4 nitrogen and oxygen atoms in total. The zero-order valence-electron chi connectivity index (χ0n) is 9.72. The van der Waals surface area contributed by atoms with E-state index in [-0.39, 0.29) is 5.75 Å². The van der Waals surface area contributed by atoms with Crippen LogP contribution in [0.4, 0.5) is 0 Å². The van der Waals surface area contributed by atoms with E-state index in [0.29, 0.717) is 19.1 Å². The number of hydrogen-bond donors (Lipinski definition) is 2. The summed E-state index contributed by atoms with van der Waals surface area (Å²) in [5, 5.41) is 3.19. The third kappa shape index (κ3) is 4.85. The zero-order valence-corrected chi connectivity index (χ0v) is 10.5. The first-order valence-electron chi connectivity index (χ1n) is 5.90. The van der Waals surface area contributed by atoms with E-state index in [2.05, 4.69) is 10.0 Å². The van der Waals surface area contributed by atoms with E-state index in [1.807, 2.05) is 30.3 Å². The lowest BCUT2D eigenvalue weighted by atomic mass is 10.2. The first-order valence-corrected chi connectivity index (χ1v) is 7.55. The molecule has 1 aromatic carbocycles. The summed E-state index contributed by atoms with van der Waals surface area (Å²) in [5.41, 5.74) is 0.978. The molecule has 1 fully saturated rings. The minimum absolute atomic E-state index is 0.149. The molecule has 0 aromatic heterocycles. The number of benzene rings is 1. The summed E-state index contributed by atoms with van der Waals surface area (Å²) in [7, 11) is -3.16. The molecule has 1 saturated carbocycles. The molecule has 1 aliphatic carbocycles. The summed E-state index contributed by atoms with van der Waals surface area (Å²) in [6.07, 6.45) is 2.36. The molecule has 1 aliphatic rings. The minimum atomic E-state index is -3.16. The van der Waals surface area contributed by atoms with Gasteiger partial charge in [-0.15, -0.1) is 0 Å². The lowest BCUT2D eigenvalue weighted by Gasteiger charge is -2.07. The summed E-state index contributed by atoms with van der Waals surface area (Å²) < 4.78 is 25.9. The van der Waals surface area contributed by atoms with E-state index >= 15 is 0 Å². The molecule has 0 radical (unpaired) electrons. The number of hydrogen-bond acceptors (Lipinski definition) is 3. The van der Waals surface area contributed by atoms with Gasteiger partial charge in [0.2, 0.25) is 10.0 Å². The van der Waals surface area contributed by atoms with Crippen molar-refractivity contribution in [3.05, 3.63) is 35.9 Å². The van der Waals surface area contributed by atoms with E-state index in [4.69, 9.17) is 0 Å². The highest BCUT2D eigenvalue weighted by Gasteiger charge is 2.21. The number of sulfonamides is 1. The molecule has 0 unspecified atom stereocenters. The predicted octanol–water partition coefficient (Wildman–Crippen LogP) is 0.858. The van der Waals surface area contributed by atoms with Gasteiger partial charge in [-0.3, -0.25) is 0 Å². The summed E-state index contributed by atoms with van der Waals surface area (Å²) in [6, 6.07) is 10.1. The monoisotopic (exact) mass is 254 g/mol. The molecule has 0 saturated heterocycles. The summed E-state index contributed by atoms with van der Waals surface area (Å²) in [6.45, 7) is 0.904. The normalized spacial score (nSPS) is 16.0. The SMILES string of the molecule is O=S(=O)(CCNC1CC1)NCc1ccccc1. The van der Waals surface area contributed by atoms with E-state index in [1.54, 1.807) is 0 Å². The van der Waals surface area contributed by atoms with Crippen molar-refractivity contribution in [3.63, 3.8) is 0 Å². The molecule has 0 bridgehead atoms. The Balaban J connectivity index is 1.72. The van der Waals surface area contributed by atoms with Crippen LogP contribution < -0.4 is 10.0 Å². The van der Waals surface area contributed by atoms with Gasteiger partial charge in [0.05, 0.1) is 5.75 Å². The Labute approximate surface area is 102 Å². The third-order valence-electron chi connectivity index (χ3n) is 2.72. The fourth-order valence-corrected chi connectivity index (χ4v) is 2.46. The van der Waals surface area contributed by atoms with E-state index < -0.39 is 10.0 Å². The minimum Gasteiger partial charge on any atom is -0.313 e. The van der Waals surface area contributed by atoms with Gasteiger partial charge in [0.15, 0.2) is 0 Å². The highest BCUT2D eigenvalue weighted by Crippen LogP contribution is 2.17. The van der Waals surface area contributed by atoms with E-state index in [9.17, 15) is 8.42 Å². The maximum Gasteiger partial charge on any atom is 0.213 e. The topological polar surface area (TPSA) is 58.2 Å². The highest BCUT2D eigenvalue weighted by atomic mass is 32.2. The fourth-order valence-electron chi connectivity index (χ4n) is 1.55. The summed E-state index contributed by atoms with van der Waals surface area (Å²) >= 11 is 0. The molecular weight excluding hydrogens is 236 g/mol. The van der Waals surface area contributed by atoms with Crippen LogP contribution in [0, 0.1) is 0 Å². The van der Waals surface area contributed by atoms with Crippen molar-refractivity contribution in [2.75, 3.05) is 12.3 Å². The Morgan fingerprint density at radius 2 is 1.88 bits per heavy atom. The lowest BCUT2D eigenvalue weighted by molar-refractivity contribution is 0.576. The molecule has 0 spiro atoms. The summed E-state index contributed by atoms with van der Waals surface area (Å²) in [4.78, 5) is 0. The highest BCUT2D eigenvalue weighted by molar-refractivity contribution is 7.89. The lowest BCUT2D eigenvalue weighted by Crippen LogP contribution is -2.32. The molecule has 2 rings (SSSR count). The van der Waals surface area contributed by atoms with Crippen molar-refractivity contribution in [2.45, 2.75) is 25.4 Å². The largest absolute Gasteiger partial charge is 0.313 e. The van der Waals surface area contributed by atoms with Gasteiger partial charge >= 0.3 is 0 Å². The molecule has 1 aromatic rings. The van der Waals surface area contributed by atoms with Gasteiger partial charge in [-0.05, 0) is 18.4 Å². The van der Waals surface area contributed by atoms with Crippen molar-refractivity contribution in [3.8, 4) is 0 Å².